The Hall–Kier alpha value is -2.42. The summed E-state index contributed by atoms with van der Waals surface area (Å²) in [6.45, 7) is 9.84. The Kier molecular flexibility index (Phi) is 8.96. The third-order valence-corrected chi connectivity index (χ3v) is 6.34. The molecular formula is C26H32ClN3O3S2. The molecule has 0 aromatic heterocycles. The van der Waals surface area contributed by atoms with Crippen molar-refractivity contribution in [1.82, 2.24) is 10.2 Å². The van der Waals surface area contributed by atoms with Crippen LogP contribution in [0.5, 0.6) is 5.75 Å². The van der Waals surface area contributed by atoms with Crippen molar-refractivity contribution in [1.29, 1.82) is 0 Å². The summed E-state index contributed by atoms with van der Waals surface area (Å²) in [5, 5.41) is 7.23. The number of ether oxygens (including phenoxy) is 2. The lowest BCUT2D eigenvalue weighted by Crippen LogP contribution is -2.51. The van der Waals surface area contributed by atoms with Gasteiger partial charge in [-0.05, 0) is 63.9 Å². The number of rotatable bonds is 7. The second kappa shape index (κ2) is 11.5. The number of carbonyl (C=O) groups is 1. The number of benzene rings is 2. The minimum Gasteiger partial charge on any atom is -0.481 e. The molecule has 1 amide bonds. The molecule has 2 atom stereocenters. The van der Waals surface area contributed by atoms with Crippen molar-refractivity contribution in [2.45, 2.75) is 71.9 Å². The molecule has 6 nitrogen and oxygen atoms in total. The van der Waals surface area contributed by atoms with Crippen LogP contribution in [0.15, 0.2) is 42.5 Å². The molecule has 0 saturated carbocycles. The average molecular weight is 534 g/mol. The Morgan fingerprint density at radius 3 is 2.57 bits per heavy atom. The van der Waals surface area contributed by atoms with Crippen molar-refractivity contribution >= 4 is 57.8 Å². The van der Waals surface area contributed by atoms with Crippen LogP contribution in [0.25, 0.3) is 0 Å². The monoisotopic (exact) mass is 533 g/mol. The first-order chi connectivity index (χ1) is 16.5. The van der Waals surface area contributed by atoms with Crippen LogP contribution in [0.3, 0.4) is 0 Å². The molecule has 2 N–H and O–H groups in total. The summed E-state index contributed by atoms with van der Waals surface area (Å²) in [6, 6.07) is 13.1. The number of amides is 1. The van der Waals surface area contributed by atoms with E-state index in [2.05, 4.69) is 17.6 Å². The number of halogens is 1. The predicted octanol–water partition coefficient (Wildman–Crippen LogP) is 6.69. The van der Waals surface area contributed by atoms with Gasteiger partial charge in [-0.2, -0.15) is 0 Å². The fourth-order valence-corrected chi connectivity index (χ4v) is 4.14. The van der Waals surface area contributed by atoms with E-state index >= 15 is 0 Å². The Balaban J connectivity index is 1.89. The first-order valence-electron chi connectivity index (χ1n) is 11.6. The summed E-state index contributed by atoms with van der Waals surface area (Å²) in [7, 11) is 0. The number of nitrogens with one attached hydrogen (secondary N) is 2. The zero-order valence-corrected chi connectivity index (χ0v) is 23.1. The minimum atomic E-state index is -0.642. The van der Waals surface area contributed by atoms with E-state index in [-0.39, 0.29) is 12.3 Å². The van der Waals surface area contributed by atoms with Crippen LogP contribution in [-0.2, 0) is 11.3 Å². The van der Waals surface area contributed by atoms with E-state index in [0.717, 1.165) is 29.0 Å². The highest BCUT2D eigenvalue weighted by atomic mass is 35.5. The maximum Gasteiger partial charge on any atom is 0.412 e. The summed E-state index contributed by atoms with van der Waals surface area (Å²) in [5.74, 6) is 0.728. The second-order valence-corrected chi connectivity index (χ2v) is 10.8. The lowest BCUT2D eigenvalue weighted by Gasteiger charge is -2.35. The van der Waals surface area contributed by atoms with E-state index in [0.29, 0.717) is 28.0 Å². The van der Waals surface area contributed by atoms with E-state index in [1.165, 1.54) is 0 Å². The van der Waals surface area contributed by atoms with Crippen molar-refractivity contribution in [2.24, 2.45) is 0 Å². The smallest absolute Gasteiger partial charge is 0.412 e. The molecular weight excluding hydrogens is 502 g/mol. The van der Waals surface area contributed by atoms with Gasteiger partial charge < -0.3 is 20.1 Å². The molecule has 2 aromatic rings. The van der Waals surface area contributed by atoms with Gasteiger partial charge in [0.25, 0.3) is 0 Å². The van der Waals surface area contributed by atoms with Crippen molar-refractivity contribution in [3.63, 3.8) is 0 Å². The topological polar surface area (TPSA) is 62.8 Å². The molecule has 0 radical (unpaired) electrons. The van der Waals surface area contributed by atoms with Crippen LogP contribution in [-0.4, -0.2) is 38.8 Å². The number of fused-ring (bicyclic) bond motifs is 1. The quantitative estimate of drug-likeness (QED) is 0.303. The third kappa shape index (κ3) is 7.53. The van der Waals surface area contributed by atoms with Gasteiger partial charge in [-0.15, -0.1) is 0 Å². The van der Waals surface area contributed by atoms with Crippen LogP contribution in [0.4, 0.5) is 10.5 Å². The average Bonchev–Trinajstić information content (AvgIpc) is 2.77. The van der Waals surface area contributed by atoms with E-state index in [1.807, 2.05) is 58.0 Å². The van der Waals surface area contributed by atoms with Gasteiger partial charge in [-0.1, -0.05) is 67.6 Å². The maximum absolute atomic E-state index is 13.4. The largest absolute Gasteiger partial charge is 0.481 e. The van der Waals surface area contributed by atoms with E-state index in [9.17, 15) is 4.79 Å². The van der Waals surface area contributed by atoms with Crippen molar-refractivity contribution in [3.05, 3.63) is 58.6 Å². The Labute approximate surface area is 223 Å². The molecule has 1 aliphatic rings. The Morgan fingerprint density at radius 2 is 1.94 bits per heavy atom. The highest BCUT2D eigenvalue weighted by Crippen LogP contribution is 2.31. The predicted molar refractivity (Wildman–Crippen MR) is 150 cm³/mol. The summed E-state index contributed by atoms with van der Waals surface area (Å²) >= 11 is 17.1. The molecule has 1 heterocycles. The van der Waals surface area contributed by atoms with Crippen LogP contribution < -0.4 is 15.4 Å². The molecule has 0 aliphatic carbocycles. The SMILES string of the molecule is CCCC(NC(=S)c1ccc(Cl)cc1)N(Cc1ccc2c(c1)NC(=S)C(C)O2)C(=O)OC(C)(C)C. The fraction of sp³-hybridized carbons (Fsp3) is 0.423. The van der Waals surface area contributed by atoms with Crippen LogP contribution >= 0.6 is 36.0 Å². The van der Waals surface area contributed by atoms with Gasteiger partial charge in [0.1, 0.15) is 33.6 Å². The molecule has 2 aromatic carbocycles. The van der Waals surface area contributed by atoms with Crippen molar-refractivity contribution < 1.29 is 14.3 Å². The highest BCUT2D eigenvalue weighted by molar-refractivity contribution is 7.81. The molecule has 0 fully saturated rings. The standard InChI is InChI=1S/C26H32ClN3O3S2/c1-6-7-22(29-24(35)18-9-11-19(27)12-10-18)30(25(31)33-26(3,4)5)15-17-8-13-21-20(14-17)28-23(34)16(2)32-21/h8-14,16,22H,6-7,15H2,1-5H3,(H,28,34)(H,29,35). The molecule has 0 bridgehead atoms. The zero-order chi connectivity index (χ0) is 25.8. The first-order valence-corrected chi connectivity index (χ1v) is 12.8. The molecule has 2 unspecified atom stereocenters. The van der Waals surface area contributed by atoms with Crippen molar-refractivity contribution in [2.75, 3.05) is 5.32 Å². The van der Waals surface area contributed by atoms with Gasteiger partial charge in [0.2, 0.25) is 0 Å². The summed E-state index contributed by atoms with van der Waals surface area (Å²) in [4.78, 5) is 16.2. The summed E-state index contributed by atoms with van der Waals surface area (Å²) in [5.41, 5.74) is 1.87. The minimum absolute atomic E-state index is 0.186. The van der Waals surface area contributed by atoms with Gasteiger partial charge in [0, 0.05) is 10.6 Å². The molecule has 3 rings (SSSR count). The Bertz CT molecular complexity index is 1090. The lowest BCUT2D eigenvalue weighted by molar-refractivity contribution is 0.0113. The number of thiocarbonyl (C=S) groups is 2. The Morgan fingerprint density at radius 1 is 1.26 bits per heavy atom. The highest BCUT2D eigenvalue weighted by Gasteiger charge is 2.29. The first kappa shape index (κ1) is 27.2. The van der Waals surface area contributed by atoms with Gasteiger partial charge in [0.15, 0.2) is 0 Å². The van der Waals surface area contributed by atoms with E-state index < -0.39 is 11.7 Å². The van der Waals surface area contributed by atoms with Crippen LogP contribution in [0.1, 0.15) is 58.6 Å². The van der Waals surface area contributed by atoms with Crippen molar-refractivity contribution in [3.8, 4) is 5.75 Å². The summed E-state index contributed by atoms with van der Waals surface area (Å²) < 4.78 is 11.6. The molecule has 9 heteroatoms. The van der Waals surface area contributed by atoms with Crippen LogP contribution in [0, 0.1) is 0 Å². The van der Waals surface area contributed by atoms with Crippen LogP contribution in [0.2, 0.25) is 5.02 Å². The maximum atomic E-state index is 13.4. The van der Waals surface area contributed by atoms with E-state index in [4.69, 9.17) is 45.5 Å². The summed E-state index contributed by atoms with van der Waals surface area (Å²) in [6.07, 6.45) is 0.536. The van der Waals surface area contributed by atoms with Gasteiger partial charge in [-0.3, -0.25) is 4.90 Å². The normalized spacial score (nSPS) is 15.8. The molecule has 0 spiro atoms. The fourth-order valence-electron chi connectivity index (χ4n) is 3.59. The molecule has 1 aliphatic heterocycles. The second-order valence-electron chi connectivity index (χ2n) is 9.47. The van der Waals surface area contributed by atoms with Gasteiger partial charge in [0.05, 0.1) is 12.2 Å². The van der Waals surface area contributed by atoms with Gasteiger partial charge >= 0.3 is 6.09 Å². The lowest BCUT2D eigenvalue weighted by atomic mass is 10.1. The van der Waals surface area contributed by atoms with Gasteiger partial charge in [-0.25, -0.2) is 4.79 Å². The zero-order valence-electron chi connectivity index (χ0n) is 20.7. The third-order valence-electron chi connectivity index (χ3n) is 5.30. The number of nitrogens with zero attached hydrogens (tertiary/aromatic N) is 1. The number of hydrogen-bond acceptors (Lipinski definition) is 5. The number of hydrogen-bond donors (Lipinski definition) is 2. The molecule has 0 saturated heterocycles. The number of anilines is 1. The number of carbonyl (C=O) groups excluding carboxylic acids is 1. The molecule has 188 valence electrons. The molecule has 35 heavy (non-hydrogen) atoms. The van der Waals surface area contributed by atoms with E-state index in [1.54, 1.807) is 17.0 Å².